The van der Waals surface area contributed by atoms with Crippen molar-refractivity contribution in [3.63, 3.8) is 0 Å². The zero-order chi connectivity index (χ0) is 20.3. The van der Waals surface area contributed by atoms with Crippen molar-refractivity contribution in [1.82, 2.24) is 4.57 Å². The third-order valence-electron chi connectivity index (χ3n) is 4.12. The number of ether oxygens (including phenoxy) is 1. The first-order chi connectivity index (χ1) is 13.4. The van der Waals surface area contributed by atoms with Gasteiger partial charge in [-0.2, -0.15) is 0 Å². The van der Waals surface area contributed by atoms with Gasteiger partial charge in [-0.05, 0) is 42.5 Å². The Kier molecular flexibility index (Phi) is 5.44. The van der Waals surface area contributed by atoms with Crippen LogP contribution < -0.4 is 20.9 Å². The molecule has 0 unspecified atom stereocenters. The largest absolute Gasteiger partial charge is 0.457 e. The molecule has 0 aliphatic heterocycles. The van der Waals surface area contributed by atoms with Crippen LogP contribution in [0.25, 0.3) is 11.1 Å². The summed E-state index contributed by atoms with van der Waals surface area (Å²) in [6.07, 6.45) is 1.67. The lowest BCUT2D eigenvalue weighted by Gasteiger charge is -2.17. The summed E-state index contributed by atoms with van der Waals surface area (Å²) < 4.78 is 20.6. The lowest BCUT2D eigenvalue weighted by molar-refractivity contribution is -0.114. The summed E-state index contributed by atoms with van der Waals surface area (Å²) in [4.78, 5) is 23.9. The molecule has 6 nitrogen and oxygen atoms in total. The summed E-state index contributed by atoms with van der Waals surface area (Å²) >= 11 is 0. The molecule has 2 N–H and O–H groups in total. The van der Waals surface area contributed by atoms with Crippen molar-refractivity contribution in [2.45, 2.75) is 6.92 Å². The van der Waals surface area contributed by atoms with Crippen molar-refractivity contribution in [2.75, 3.05) is 17.7 Å². The summed E-state index contributed by atoms with van der Waals surface area (Å²) in [7, 11) is 3.31. The molecule has 0 spiro atoms. The zero-order valence-corrected chi connectivity index (χ0v) is 15.7. The van der Waals surface area contributed by atoms with Crippen molar-refractivity contribution < 1.29 is 13.9 Å². The number of nitrogens with one attached hydrogen (secondary N) is 2. The number of benzene rings is 2. The molecule has 0 saturated carbocycles. The summed E-state index contributed by atoms with van der Waals surface area (Å²) in [6.45, 7) is 1.41. The van der Waals surface area contributed by atoms with Crippen molar-refractivity contribution in [1.29, 1.82) is 0 Å². The Morgan fingerprint density at radius 2 is 1.82 bits per heavy atom. The lowest BCUT2D eigenvalue weighted by Crippen LogP contribution is -2.19. The van der Waals surface area contributed by atoms with Crippen LogP contribution in [-0.2, 0) is 11.8 Å². The average Bonchev–Trinajstić information content (AvgIpc) is 2.65. The Hall–Kier alpha value is -3.61. The van der Waals surface area contributed by atoms with Gasteiger partial charge in [0, 0.05) is 38.3 Å². The number of aryl methyl sites for hydroxylation is 1. The number of aromatic nitrogens is 1. The van der Waals surface area contributed by atoms with Crippen LogP contribution in [-0.4, -0.2) is 17.5 Å². The van der Waals surface area contributed by atoms with E-state index in [0.717, 1.165) is 0 Å². The molecule has 3 rings (SSSR count). The van der Waals surface area contributed by atoms with Crippen LogP contribution in [0, 0.1) is 5.82 Å². The van der Waals surface area contributed by atoms with E-state index in [2.05, 4.69) is 10.6 Å². The smallest absolute Gasteiger partial charge is 0.273 e. The molecule has 0 fully saturated rings. The van der Waals surface area contributed by atoms with E-state index in [4.69, 9.17) is 4.74 Å². The number of rotatable bonds is 5. The minimum Gasteiger partial charge on any atom is -0.457 e. The van der Waals surface area contributed by atoms with Crippen molar-refractivity contribution in [2.24, 2.45) is 7.05 Å². The zero-order valence-electron chi connectivity index (χ0n) is 15.7. The van der Waals surface area contributed by atoms with Gasteiger partial charge in [0.15, 0.2) is 0 Å². The van der Waals surface area contributed by atoms with Crippen LogP contribution in [0.5, 0.6) is 11.5 Å². The minimum absolute atomic E-state index is 0.177. The van der Waals surface area contributed by atoms with Crippen molar-refractivity contribution >= 4 is 17.3 Å². The molecule has 0 saturated heterocycles. The first-order valence-corrected chi connectivity index (χ1v) is 8.62. The van der Waals surface area contributed by atoms with Gasteiger partial charge in [0.2, 0.25) is 5.91 Å². The SMILES string of the molecule is CNc1cc(-c2c(NC(C)=O)cccc2Oc2ccc(F)cc2)cn(C)c1=O. The van der Waals surface area contributed by atoms with E-state index in [1.54, 1.807) is 44.6 Å². The molecule has 1 heterocycles. The average molecular weight is 381 g/mol. The number of anilines is 2. The van der Waals surface area contributed by atoms with Gasteiger partial charge in [-0.15, -0.1) is 0 Å². The highest BCUT2D eigenvalue weighted by molar-refractivity contribution is 5.96. The summed E-state index contributed by atoms with van der Waals surface area (Å²) in [5.41, 5.74) is 2.05. The van der Waals surface area contributed by atoms with E-state index in [1.165, 1.54) is 35.8 Å². The van der Waals surface area contributed by atoms with Crippen LogP contribution in [0.1, 0.15) is 6.92 Å². The second kappa shape index (κ2) is 7.96. The molecular weight excluding hydrogens is 361 g/mol. The molecule has 0 atom stereocenters. The highest BCUT2D eigenvalue weighted by Crippen LogP contribution is 2.39. The van der Waals surface area contributed by atoms with E-state index >= 15 is 0 Å². The quantitative estimate of drug-likeness (QED) is 0.701. The molecule has 3 aromatic rings. The van der Waals surface area contributed by atoms with Crippen LogP contribution in [0.4, 0.5) is 15.8 Å². The Morgan fingerprint density at radius 1 is 1.11 bits per heavy atom. The topological polar surface area (TPSA) is 72.4 Å². The molecule has 2 aromatic carbocycles. The number of amides is 1. The van der Waals surface area contributed by atoms with E-state index in [1.807, 2.05) is 0 Å². The molecule has 0 radical (unpaired) electrons. The predicted octanol–water partition coefficient (Wildman–Crippen LogP) is 3.98. The van der Waals surface area contributed by atoms with Crippen LogP contribution in [0.3, 0.4) is 0 Å². The number of pyridine rings is 1. The first-order valence-electron chi connectivity index (χ1n) is 8.62. The second-order valence-electron chi connectivity index (χ2n) is 6.22. The summed E-state index contributed by atoms with van der Waals surface area (Å²) in [5, 5.41) is 5.67. The van der Waals surface area contributed by atoms with Crippen LogP contribution in [0.15, 0.2) is 59.5 Å². The van der Waals surface area contributed by atoms with Crippen molar-refractivity contribution in [3.05, 3.63) is 70.9 Å². The molecule has 28 heavy (non-hydrogen) atoms. The van der Waals surface area contributed by atoms with E-state index in [9.17, 15) is 14.0 Å². The number of carbonyl (C=O) groups excluding carboxylic acids is 1. The monoisotopic (exact) mass is 381 g/mol. The van der Waals surface area contributed by atoms with Gasteiger partial charge in [0.05, 0.1) is 5.69 Å². The summed E-state index contributed by atoms with van der Waals surface area (Å²) in [5.74, 6) is 0.301. The van der Waals surface area contributed by atoms with Gasteiger partial charge in [-0.25, -0.2) is 4.39 Å². The molecule has 0 aliphatic carbocycles. The van der Waals surface area contributed by atoms with E-state index in [-0.39, 0.29) is 17.3 Å². The van der Waals surface area contributed by atoms with Gasteiger partial charge >= 0.3 is 0 Å². The number of carbonyl (C=O) groups is 1. The molecule has 0 bridgehead atoms. The lowest BCUT2D eigenvalue weighted by atomic mass is 10.0. The molecule has 7 heteroatoms. The molecule has 1 amide bonds. The molecular formula is C21H20FN3O3. The number of hydrogen-bond acceptors (Lipinski definition) is 4. The molecule has 0 aliphatic rings. The molecule has 1 aromatic heterocycles. The van der Waals surface area contributed by atoms with Gasteiger partial charge in [-0.1, -0.05) is 6.07 Å². The van der Waals surface area contributed by atoms with Crippen LogP contribution >= 0.6 is 0 Å². The highest BCUT2D eigenvalue weighted by Gasteiger charge is 2.16. The number of nitrogens with zero attached hydrogens (tertiary/aromatic N) is 1. The van der Waals surface area contributed by atoms with E-state index < -0.39 is 0 Å². The third kappa shape index (κ3) is 4.03. The number of hydrogen-bond donors (Lipinski definition) is 2. The van der Waals surface area contributed by atoms with E-state index in [0.29, 0.717) is 34.0 Å². The fraction of sp³-hybridized carbons (Fsp3) is 0.143. The second-order valence-corrected chi connectivity index (χ2v) is 6.22. The number of halogens is 1. The molecule has 144 valence electrons. The third-order valence-corrected chi connectivity index (χ3v) is 4.12. The standard InChI is InChI=1S/C21H20FN3O3/c1-13(26)24-17-5-4-6-19(28-16-9-7-15(22)8-10-16)20(17)14-11-18(23-2)21(27)25(3)12-14/h4-12,23H,1-3H3,(H,24,26). The maximum absolute atomic E-state index is 13.2. The van der Waals surface area contributed by atoms with Gasteiger partial charge in [0.25, 0.3) is 5.56 Å². The Morgan fingerprint density at radius 3 is 2.46 bits per heavy atom. The minimum atomic E-state index is -0.365. The fourth-order valence-electron chi connectivity index (χ4n) is 2.86. The Bertz CT molecular complexity index is 1080. The predicted molar refractivity (Wildman–Crippen MR) is 107 cm³/mol. The fourth-order valence-corrected chi connectivity index (χ4v) is 2.86. The Balaban J connectivity index is 2.19. The normalized spacial score (nSPS) is 10.4. The van der Waals surface area contributed by atoms with Crippen molar-refractivity contribution in [3.8, 4) is 22.6 Å². The maximum atomic E-state index is 13.2. The van der Waals surface area contributed by atoms with Crippen LogP contribution in [0.2, 0.25) is 0 Å². The summed E-state index contributed by atoms with van der Waals surface area (Å²) in [6, 6.07) is 12.6. The van der Waals surface area contributed by atoms with Gasteiger partial charge in [0.1, 0.15) is 23.0 Å². The van der Waals surface area contributed by atoms with Gasteiger partial charge < -0.3 is 19.9 Å². The van der Waals surface area contributed by atoms with Gasteiger partial charge in [-0.3, -0.25) is 9.59 Å². The Labute approximate surface area is 161 Å². The highest BCUT2D eigenvalue weighted by atomic mass is 19.1. The first kappa shape index (κ1) is 19.2. The maximum Gasteiger partial charge on any atom is 0.273 e.